The van der Waals surface area contributed by atoms with E-state index in [0.717, 1.165) is 4.90 Å². The highest BCUT2D eigenvalue weighted by Gasteiger charge is 2.37. The van der Waals surface area contributed by atoms with Crippen LogP contribution in [-0.2, 0) is 16.2 Å². The second-order valence-corrected chi connectivity index (χ2v) is 8.99. The van der Waals surface area contributed by atoms with Gasteiger partial charge in [-0.15, -0.1) is 0 Å². The average molecular weight is 552 g/mol. The van der Waals surface area contributed by atoms with E-state index in [0.29, 0.717) is 15.6 Å². The van der Waals surface area contributed by atoms with Crippen LogP contribution in [0.15, 0.2) is 60.2 Å². The molecule has 4 rings (SSSR count). The Morgan fingerprint density at radius 1 is 0.886 bits per heavy atom. The molecule has 0 spiro atoms. The number of nitrogens with one attached hydrogen (secondary N) is 1. The maximum atomic E-state index is 13.1. The molecule has 1 fully saturated rings. The van der Waals surface area contributed by atoms with Crippen LogP contribution in [0.25, 0.3) is 6.08 Å². The second-order valence-electron chi connectivity index (χ2n) is 7.30. The molecule has 0 bridgehead atoms. The van der Waals surface area contributed by atoms with Gasteiger partial charge in [-0.1, -0.05) is 52.5 Å². The van der Waals surface area contributed by atoms with Crippen molar-refractivity contribution in [3.8, 4) is 11.5 Å². The first kappa shape index (κ1) is 24.9. The van der Waals surface area contributed by atoms with Gasteiger partial charge in [0, 0.05) is 26.2 Å². The molecule has 7 nitrogen and oxygen atoms in total. The van der Waals surface area contributed by atoms with E-state index in [1.54, 1.807) is 18.2 Å². The van der Waals surface area contributed by atoms with Crippen LogP contribution >= 0.6 is 46.4 Å². The zero-order valence-electron chi connectivity index (χ0n) is 17.5. The van der Waals surface area contributed by atoms with Crippen LogP contribution in [-0.4, -0.2) is 23.0 Å². The molecule has 0 unspecified atom stereocenters. The van der Waals surface area contributed by atoms with E-state index < -0.39 is 17.8 Å². The molecule has 0 radical (unpaired) electrons. The molecule has 11 heteroatoms. The van der Waals surface area contributed by atoms with Crippen LogP contribution in [0.3, 0.4) is 0 Å². The molecule has 2 N–H and O–H groups in total. The van der Waals surface area contributed by atoms with Gasteiger partial charge >= 0.3 is 6.03 Å². The zero-order valence-corrected chi connectivity index (χ0v) is 20.5. The Balaban J connectivity index is 1.71. The fourth-order valence-corrected chi connectivity index (χ4v) is 4.30. The van der Waals surface area contributed by atoms with Gasteiger partial charge in [0.05, 0.1) is 10.7 Å². The van der Waals surface area contributed by atoms with Crippen LogP contribution in [0.5, 0.6) is 11.5 Å². The number of urea groups is 1. The lowest BCUT2D eigenvalue weighted by molar-refractivity contribution is -0.122. The molecule has 1 heterocycles. The Bertz CT molecular complexity index is 1390. The summed E-state index contributed by atoms with van der Waals surface area (Å²) in [5, 5.41) is 12.8. The summed E-state index contributed by atoms with van der Waals surface area (Å²) in [7, 11) is 0. The Hall–Kier alpha value is -3.23. The predicted molar refractivity (Wildman–Crippen MR) is 134 cm³/mol. The molecule has 1 aliphatic rings. The number of anilines is 1. The van der Waals surface area contributed by atoms with Gasteiger partial charge in [0.2, 0.25) is 0 Å². The molecule has 0 aliphatic carbocycles. The number of imide groups is 2. The second kappa shape index (κ2) is 10.2. The third kappa shape index (κ3) is 5.39. The topological polar surface area (TPSA) is 95.9 Å². The van der Waals surface area contributed by atoms with Gasteiger partial charge in [0.25, 0.3) is 11.8 Å². The minimum Gasteiger partial charge on any atom is -0.508 e. The van der Waals surface area contributed by atoms with Crippen LogP contribution in [0.2, 0.25) is 20.1 Å². The van der Waals surface area contributed by atoms with Crippen molar-refractivity contribution >= 4 is 76.0 Å². The largest absolute Gasteiger partial charge is 0.508 e. The number of hydrogen-bond acceptors (Lipinski definition) is 5. The highest BCUT2D eigenvalue weighted by Crippen LogP contribution is 2.36. The van der Waals surface area contributed by atoms with E-state index in [2.05, 4.69) is 5.32 Å². The number of hydrogen-bond donors (Lipinski definition) is 2. The number of ether oxygens (including phenoxy) is 1. The van der Waals surface area contributed by atoms with Crippen LogP contribution < -0.4 is 15.0 Å². The molecule has 3 aromatic rings. The minimum absolute atomic E-state index is 0.00574. The summed E-state index contributed by atoms with van der Waals surface area (Å²) in [5.41, 5.74) is 0.648. The standard InChI is InChI=1S/C24H14Cl4N2O5/c25-14-2-1-12(19(27)9-14)11-35-21-13(7-15(26)10-20(21)28)8-18-22(32)29-24(34)30(23(18)33)16-3-5-17(31)6-4-16/h1-10,31H,11H2,(H,29,32,34)/b18-8+. The third-order valence-corrected chi connectivity index (χ3v) is 6.02. The van der Waals surface area contributed by atoms with Crippen molar-refractivity contribution in [3.05, 3.63) is 91.4 Å². The summed E-state index contributed by atoms with van der Waals surface area (Å²) in [6.07, 6.45) is 1.23. The minimum atomic E-state index is -0.930. The number of carbonyl (C=O) groups is 3. The normalized spacial score (nSPS) is 14.9. The number of halogens is 4. The number of benzene rings is 3. The van der Waals surface area contributed by atoms with Crippen molar-refractivity contribution in [1.82, 2.24) is 5.32 Å². The van der Waals surface area contributed by atoms with E-state index >= 15 is 0 Å². The molecule has 1 saturated heterocycles. The first-order valence-corrected chi connectivity index (χ1v) is 11.4. The smallest absolute Gasteiger partial charge is 0.335 e. The van der Waals surface area contributed by atoms with Gasteiger partial charge in [-0.25, -0.2) is 9.69 Å². The van der Waals surface area contributed by atoms with Crippen molar-refractivity contribution in [2.75, 3.05) is 4.90 Å². The molecule has 1 aliphatic heterocycles. The fourth-order valence-electron chi connectivity index (χ4n) is 3.28. The lowest BCUT2D eigenvalue weighted by Crippen LogP contribution is -2.54. The predicted octanol–water partition coefficient (Wildman–Crippen LogP) is 6.25. The highest BCUT2D eigenvalue weighted by molar-refractivity contribution is 6.40. The number of phenolic OH excluding ortho intramolecular Hbond substituents is 1. The number of phenols is 1. The van der Waals surface area contributed by atoms with Gasteiger partial charge in [0.15, 0.2) is 0 Å². The summed E-state index contributed by atoms with van der Waals surface area (Å²) >= 11 is 24.7. The van der Waals surface area contributed by atoms with Crippen molar-refractivity contribution in [2.24, 2.45) is 0 Å². The summed E-state index contributed by atoms with van der Waals surface area (Å²) in [6, 6.07) is 12.2. The molecule has 0 saturated carbocycles. The highest BCUT2D eigenvalue weighted by atomic mass is 35.5. The number of barbiturate groups is 1. The average Bonchev–Trinajstić information content (AvgIpc) is 2.78. The van der Waals surface area contributed by atoms with Crippen LogP contribution in [0.4, 0.5) is 10.5 Å². The van der Waals surface area contributed by atoms with E-state index in [1.165, 1.54) is 42.5 Å². The number of carbonyl (C=O) groups excluding carboxylic acids is 3. The van der Waals surface area contributed by atoms with Gasteiger partial charge in [-0.3, -0.25) is 14.9 Å². The van der Waals surface area contributed by atoms with Crippen molar-refractivity contribution in [3.63, 3.8) is 0 Å². The number of nitrogens with zero attached hydrogens (tertiary/aromatic N) is 1. The zero-order chi connectivity index (χ0) is 25.3. The van der Waals surface area contributed by atoms with Crippen molar-refractivity contribution < 1.29 is 24.2 Å². The van der Waals surface area contributed by atoms with E-state index in [1.807, 2.05) is 0 Å². The molecule has 178 valence electrons. The summed E-state index contributed by atoms with van der Waals surface area (Å²) in [6.45, 7) is 0.00574. The third-order valence-electron chi connectivity index (χ3n) is 4.93. The molecular formula is C24H14Cl4N2O5. The SMILES string of the molecule is O=C1NC(=O)N(c2ccc(O)cc2)C(=O)/C1=C/c1cc(Cl)cc(Cl)c1OCc1ccc(Cl)cc1Cl. The first-order valence-electron chi connectivity index (χ1n) is 9.90. The summed E-state index contributed by atoms with van der Waals surface area (Å²) in [4.78, 5) is 38.9. The molecule has 4 amide bonds. The van der Waals surface area contributed by atoms with Crippen LogP contribution in [0.1, 0.15) is 11.1 Å². The van der Waals surface area contributed by atoms with Crippen LogP contribution in [0, 0.1) is 0 Å². The Morgan fingerprint density at radius 2 is 1.57 bits per heavy atom. The quantitative estimate of drug-likeness (QED) is 0.288. The Labute approximate surface area is 219 Å². The summed E-state index contributed by atoms with van der Waals surface area (Å²) < 4.78 is 5.87. The summed E-state index contributed by atoms with van der Waals surface area (Å²) in [5.74, 6) is -1.70. The molecule has 0 atom stereocenters. The van der Waals surface area contributed by atoms with Gasteiger partial charge in [-0.2, -0.15) is 0 Å². The van der Waals surface area contributed by atoms with Gasteiger partial charge in [0.1, 0.15) is 23.7 Å². The van der Waals surface area contributed by atoms with E-state index in [4.69, 9.17) is 51.1 Å². The van der Waals surface area contributed by atoms with Gasteiger partial charge in [-0.05, 0) is 54.6 Å². The Morgan fingerprint density at radius 3 is 2.26 bits per heavy atom. The van der Waals surface area contributed by atoms with Gasteiger partial charge < -0.3 is 9.84 Å². The Kier molecular flexibility index (Phi) is 7.23. The van der Waals surface area contributed by atoms with Crippen molar-refractivity contribution in [2.45, 2.75) is 6.61 Å². The molecule has 0 aromatic heterocycles. The maximum absolute atomic E-state index is 13.1. The monoisotopic (exact) mass is 550 g/mol. The number of aromatic hydroxyl groups is 1. The molecule has 3 aromatic carbocycles. The number of amides is 4. The lowest BCUT2D eigenvalue weighted by atomic mass is 10.1. The van der Waals surface area contributed by atoms with Crippen molar-refractivity contribution in [1.29, 1.82) is 0 Å². The van der Waals surface area contributed by atoms with E-state index in [9.17, 15) is 19.5 Å². The molecular weight excluding hydrogens is 538 g/mol. The molecule has 35 heavy (non-hydrogen) atoms. The maximum Gasteiger partial charge on any atom is 0.335 e. The fraction of sp³-hybridized carbons (Fsp3) is 0.0417. The van der Waals surface area contributed by atoms with E-state index in [-0.39, 0.29) is 45.0 Å². The number of rotatable bonds is 5. The lowest BCUT2D eigenvalue weighted by Gasteiger charge is -2.26. The first-order chi connectivity index (χ1) is 16.6.